The number of carbonyl (C=O) groups is 3. The van der Waals surface area contributed by atoms with Crippen LogP contribution in [0.5, 0.6) is 0 Å². The summed E-state index contributed by atoms with van der Waals surface area (Å²) in [5, 5.41) is 11.7. The van der Waals surface area contributed by atoms with Crippen molar-refractivity contribution >= 4 is 17.9 Å². The summed E-state index contributed by atoms with van der Waals surface area (Å²) in [6.45, 7) is 4.70. The summed E-state index contributed by atoms with van der Waals surface area (Å²) in [7, 11) is 5.42. The minimum Gasteiger partial charge on any atom is -0.544 e. The number of rotatable bonds is 50. The molecule has 0 aromatic heterocycles. The average Bonchev–Trinajstić information content (AvgIpc) is 3.26. The maximum absolute atomic E-state index is 12.8. The van der Waals surface area contributed by atoms with Gasteiger partial charge in [0, 0.05) is 19.3 Å². The Hall–Kier alpha value is -2.19. The van der Waals surface area contributed by atoms with Gasteiger partial charge in [-0.25, -0.2) is 0 Å². The third kappa shape index (κ3) is 45.0. The number of carboxylic acids is 1. The van der Waals surface area contributed by atoms with Gasteiger partial charge >= 0.3 is 11.9 Å². The molecule has 0 bridgehead atoms. The number of hydrogen-bond acceptors (Lipinski definition) is 7. The van der Waals surface area contributed by atoms with E-state index in [1.165, 1.54) is 193 Å². The van der Waals surface area contributed by atoms with Gasteiger partial charge in [-0.2, -0.15) is 0 Å². The summed E-state index contributed by atoms with van der Waals surface area (Å²) < 4.78 is 17.3. The highest BCUT2D eigenvalue weighted by Crippen LogP contribution is 2.16. The second kappa shape index (κ2) is 47.3. The molecular weight excluding hydrogens is 799 g/mol. The highest BCUT2D eigenvalue weighted by atomic mass is 16.6. The molecule has 0 aliphatic rings. The molecule has 0 aromatic rings. The van der Waals surface area contributed by atoms with E-state index in [1.54, 1.807) is 0 Å². The highest BCUT2D eigenvalue weighted by molar-refractivity contribution is 5.70. The Morgan fingerprint density at radius 1 is 0.453 bits per heavy atom. The third-order valence-electron chi connectivity index (χ3n) is 12.6. The number of hydrogen-bond donors (Lipinski definition) is 0. The Bertz CT molecular complexity index is 1100. The predicted octanol–water partition coefficient (Wildman–Crippen LogP) is 14.6. The summed E-state index contributed by atoms with van der Waals surface area (Å²) in [6, 6.07) is -0.726. The second-order valence-electron chi connectivity index (χ2n) is 19.8. The van der Waals surface area contributed by atoms with Gasteiger partial charge in [-0.3, -0.25) is 9.59 Å². The zero-order valence-electron chi connectivity index (χ0n) is 43.0. The normalized spacial score (nSPS) is 13.0. The highest BCUT2D eigenvalue weighted by Gasteiger charge is 2.25. The summed E-state index contributed by atoms with van der Waals surface area (Å²) in [5.41, 5.74) is 0. The lowest BCUT2D eigenvalue weighted by Crippen LogP contribution is -2.55. The zero-order valence-corrected chi connectivity index (χ0v) is 43.0. The molecule has 0 saturated carbocycles. The van der Waals surface area contributed by atoms with Crippen molar-refractivity contribution < 1.29 is 38.2 Å². The van der Waals surface area contributed by atoms with Gasteiger partial charge in [-0.1, -0.05) is 205 Å². The summed E-state index contributed by atoms with van der Waals surface area (Å²) >= 11 is 0. The van der Waals surface area contributed by atoms with Gasteiger partial charge in [-0.05, 0) is 64.2 Å². The first-order chi connectivity index (χ1) is 31.1. The molecule has 0 aliphatic carbocycles. The molecule has 0 fully saturated rings. The van der Waals surface area contributed by atoms with E-state index >= 15 is 0 Å². The van der Waals surface area contributed by atoms with Crippen LogP contribution < -0.4 is 5.11 Å². The monoisotopic (exact) mass is 904 g/mol. The van der Waals surface area contributed by atoms with Crippen LogP contribution >= 0.6 is 0 Å². The summed E-state index contributed by atoms with van der Waals surface area (Å²) in [5.74, 6) is -1.73. The standard InChI is InChI=1S/C56H105NO7/c1-6-8-10-12-14-16-18-20-22-24-26-27-29-31-33-35-37-39-41-43-45-47-55(59)64-52(50-62-49-48-53(56(60)61)57(3,4)5)51-63-54(58)46-44-42-40-38-36-34-32-30-28-25-23-21-19-17-15-13-11-9-7-2/h25,27-29,52-53H,6-24,26,30-51H2,1-5H3/b28-25+,29-27+. The maximum atomic E-state index is 12.8. The smallest absolute Gasteiger partial charge is 0.306 e. The van der Waals surface area contributed by atoms with Crippen molar-refractivity contribution in [2.75, 3.05) is 41.0 Å². The summed E-state index contributed by atoms with van der Waals surface area (Å²) in [6.07, 6.45) is 55.0. The number of carboxylic acid groups (broad SMARTS) is 1. The fourth-order valence-corrected chi connectivity index (χ4v) is 8.30. The van der Waals surface area contributed by atoms with E-state index in [4.69, 9.17) is 14.2 Å². The van der Waals surface area contributed by atoms with Crippen LogP contribution in [-0.2, 0) is 28.6 Å². The molecule has 0 aliphatic heterocycles. The van der Waals surface area contributed by atoms with Crippen molar-refractivity contribution in [2.45, 2.75) is 276 Å². The van der Waals surface area contributed by atoms with Crippen LogP contribution in [0.2, 0.25) is 0 Å². The Morgan fingerprint density at radius 2 is 0.781 bits per heavy atom. The Balaban J connectivity index is 4.20. The first-order valence-corrected chi connectivity index (χ1v) is 27.4. The number of allylic oxidation sites excluding steroid dienone is 4. The Labute approximate surface area is 396 Å². The van der Waals surface area contributed by atoms with Gasteiger partial charge in [0.2, 0.25) is 0 Å². The lowest BCUT2D eigenvalue weighted by atomic mass is 10.1. The van der Waals surface area contributed by atoms with Crippen LogP contribution in [-0.4, -0.2) is 75.5 Å². The largest absolute Gasteiger partial charge is 0.544 e. The zero-order chi connectivity index (χ0) is 47.0. The van der Waals surface area contributed by atoms with E-state index in [0.717, 1.165) is 38.5 Å². The van der Waals surface area contributed by atoms with Gasteiger partial charge < -0.3 is 28.6 Å². The Kier molecular flexibility index (Phi) is 45.7. The molecular formula is C56H105NO7. The number of aliphatic carboxylic acids is 1. The van der Waals surface area contributed by atoms with Crippen molar-refractivity contribution in [1.29, 1.82) is 0 Å². The summed E-state index contributed by atoms with van der Waals surface area (Å²) in [4.78, 5) is 37.1. The molecule has 0 spiro atoms. The molecule has 0 amide bonds. The molecule has 0 saturated heterocycles. The van der Waals surface area contributed by atoms with E-state index in [2.05, 4.69) is 38.2 Å². The quantitative estimate of drug-likeness (QED) is 0.0259. The van der Waals surface area contributed by atoms with Crippen LogP contribution in [0.15, 0.2) is 24.3 Å². The minimum atomic E-state index is -1.12. The lowest BCUT2D eigenvalue weighted by Gasteiger charge is -2.34. The molecule has 376 valence electrons. The number of quaternary nitrogens is 1. The van der Waals surface area contributed by atoms with Crippen molar-refractivity contribution in [3.8, 4) is 0 Å². The van der Waals surface area contributed by atoms with Crippen molar-refractivity contribution in [1.82, 2.24) is 0 Å². The average molecular weight is 904 g/mol. The lowest BCUT2D eigenvalue weighted by molar-refractivity contribution is -0.889. The van der Waals surface area contributed by atoms with Gasteiger partial charge in [0.15, 0.2) is 6.10 Å². The van der Waals surface area contributed by atoms with Gasteiger partial charge in [0.1, 0.15) is 12.6 Å². The SMILES string of the molecule is CCCCCCCCCC/C=C/CCCCCCCCCC(=O)OCC(COCCC(C(=O)[O-])[N+](C)(C)C)OC(=O)CCCCCCCCC/C=C/CCCCCCCCCCCC. The van der Waals surface area contributed by atoms with Gasteiger partial charge in [-0.15, -0.1) is 0 Å². The molecule has 8 heteroatoms. The van der Waals surface area contributed by atoms with E-state index in [0.29, 0.717) is 12.8 Å². The first-order valence-electron chi connectivity index (χ1n) is 27.4. The number of esters is 2. The third-order valence-corrected chi connectivity index (χ3v) is 12.6. The second-order valence-corrected chi connectivity index (χ2v) is 19.8. The molecule has 0 N–H and O–H groups in total. The number of carbonyl (C=O) groups excluding carboxylic acids is 3. The fraction of sp³-hybridized carbons (Fsp3) is 0.875. The molecule has 0 radical (unpaired) electrons. The van der Waals surface area contributed by atoms with Crippen LogP contribution in [0.3, 0.4) is 0 Å². The van der Waals surface area contributed by atoms with E-state index in [9.17, 15) is 19.5 Å². The predicted molar refractivity (Wildman–Crippen MR) is 268 cm³/mol. The molecule has 0 heterocycles. The van der Waals surface area contributed by atoms with Crippen molar-refractivity contribution in [3.63, 3.8) is 0 Å². The number of likely N-dealkylation sites (N-methyl/N-ethyl adjacent to an activating group) is 1. The first kappa shape index (κ1) is 61.8. The molecule has 2 unspecified atom stereocenters. The number of unbranched alkanes of at least 4 members (excludes halogenated alkanes) is 32. The van der Waals surface area contributed by atoms with Gasteiger partial charge in [0.05, 0.1) is 40.3 Å². The van der Waals surface area contributed by atoms with E-state index in [1.807, 2.05) is 21.1 Å². The molecule has 64 heavy (non-hydrogen) atoms. The minimum absolute atomic E-state index is 0.0411. The van der Waals surface area contributed by atoms with Crippen LogP contribution in [0.1, 0.15) is 264 Å². The molecule has 2 atom stereocenters. The van der Waals surface area contributed by atoms with Crippen molar-refractivity contribution in [2.24, 2.45) is 0 Å². The van der Waals surface area contributed by atoms with E-state index in [-0.39, 0.29) is 42.7 Å². The number of ether oxygens (including phenoxy) is 3. The van der Waals surface area contributed by atoms with Crippen LogP contribution in [0.25, 0.3) is 0 Å². The van der Waals surface area contributed by atoms with E-state index < -0.39 is 18.1 Å². The number of nitrogens with zero attached hydrogens (tertiary/aromatic N) is 1. The molecule has 0 aromatic carbocycles. The van der Waals surface area contributed by atoms with Crippen molar-refractivity contribution in [3.05, 3.63) is 24.3 Å². The fourth-order valence-electron chi connectivity index (χ4n) is 8.30. The Morgan fingerprint density at radius 3 is 1.12 bits per heavy atom. The van der Waals surface area contributed by atoms with Gasteiger partial charge in [0.25, 0.3) is 0 Å². The molecule has 0 rings (SSSR count). The topological polar surface area (TPSA) is 102 Å². The van der Waals surface area contributed by atoms with Crippen LogP contribution in [0, 0.1) is 0 Å². The molecule has 8 nitrogen and oxygen atoms in total. The van der Waals surface area contributed by atoms with Crippen LogP contribution in [0.4, 0.5) is 0 Å². The maximum Gasteiger partial charge on any atom is 0.306 e.